The van der Waals surface area contributed by atoms with Gasteiger partial charge in [0.2, 0.25) is 5.91 Å². The van der Waals surface area contributed by atoms with Crippen molar-refractivity contribution in [3.8, 4) is 0 Å². The molecule has 5 nitrogen and oxygen atoms in total. The van der Waals surface area contributed by atoms with Gasteiger partial charge in [-0.05, 0) is 50.1 Å². The number of nitrogens with one attached hydrogen (secondary N) is 2. The summed E-state index contributed by atoms with van der Waals surface area (Å²) in [7, 11) is 0. The molecule has 0 aliphatic heterocycles. The number of fused-ring (bicyclic) bond motifs is 1. The molecule has 26 heavy (non-hydrogen) atoms. The van der Waals surface area contributed by atoms with Crippen molar-refractivity contribution < 1.29 is 18.4 Å². The van der Waals surface area contributed by atoms with E-state index in [9.17, 15) is 14.0 Å². The molecule has 1 heterocycles. The standard InChI is InChI=1S/C20H19FN2O3/c1-11-5-4-6-12(2)18(11)23-17(24)10-22-20(25)19-13(3)15-9-14(21)7-8-16(15)26-19/h4-9H,10H2,1-3H3,(H,22,25)(H,23,24). The number of amides is 2. The highest BCUT2D eigenvalue weighted by atomic mass is 19.1. The predicted octanol–water partition coefficient (Wildman–Crippen LogP) is 3.87. The molecule has 0 aliphatic carbocycles. The Bertz CT molecular complexity index is 987. The number of aryl methyl sites for hydroxylation is 3. The van der Waals surface area contributed by atoms with Crippen LogP contribution >= 0.6 is 0 Å². The average Bonchev–Trinajstić information content (AvgIpc) is 2.93. The van der Waals surface area contributed by atoms with E-state index in [1.807, 2.05) is 32.0 Å². The van der Waals surface area contributed by atoms with Crippen LogP contribution in [0, 0.1) is 26.6 Å². The van der Waals surface area contributed by atoms with Crippen LogP contribution < -0.4 is 10.6 Å². The van der Waals surface area contributed by atoms with E-state index in [-0.39, 0.29) is 18.2 Å². The molecule has 1 aromatic heterocycles. The zero-order valence-corrected chi connectivity index (χ0v) is 14.8. The lowest BCUT2D eigenvalue weighted by molar-refractivity contribution is -0.115. The van der Waals surface area contributed by atoms with Gasteiger partial charge in [0, 0.05) is 16.6 Å². The minimum absolute atomic E-state index is 0.0745. The number of hydrogen-bond acceptors (Lipinski definition) is 3. The number of carbonyl (C=O) groups is 2. The Morgan fingerprint density at radius 2 is 1.77 bits per heavy atom. The third-order valence-corrected chi connectivity index (χ3v) is 4.26. The first-order chi connectivity index (χ1) is 12.4. The van der Waals surface area contributed by atoms with Crippen molar-refractivity contribution in [1.29, 1.82) is 0 Å². The first-order valence-electron chi connectivity index (χ1n) is 8.19. The van der Waals surface area contributed by atoms with E-state index in [0.29, 0.717) is 16.5 Å². The number of carbonyl (C=O) groups excluding carboxylic acids is 2. The molecule has 2 amide bonds. The zero-order chi connectivity index (χ0) is 18.8. The topological polar surface area (TPSA) is 71.3 Å². The summed E-state index contributed by atoms with van der Waals surface area (Å²) in [5.41, 5.74) is 3.59. The number of furan rings is 1. The number of halogens is 1. The van der Waals surface area contributed by atoms with Gasteiger partial charge in [-0.15, -0.1) is 0 Å². The molecule has 3 rings (SSSR count). The van der Waals surface area contributed by atoms with Crippen molar-refractivity contribution >= 4 is 28.5 Å². The molecule has 2 N–H and O–H groups in total. The van der Waals surface area contributed by atoms with Crippen LogP contribution in [0.5, 0.6) is 0 Å². The molecule has 0 unspecified atom stereocenters. The van der Waals surface area contributed by atoms with E-state index in [2.05, 4.69) is 10.6 Å². The first-order valence-corrected chi connectivity index (χ1v) is 8.19. The second-order valence-electron chi connectivity index (χ2n) is 6.19. The SMILES string of the molecule is Cc1cccc(C)c1NC(=O)CNC(=O)c1oc2ccc(F)cc2c1C. The Morgan fingerprint density at radius 3 is 2.46 bits per heavy atom. The fourth-order valence-corrected chi connectivity index (χ4v) is 2.85. The Kier molecular flexibility index (Phi) is 4.75. The molecule has 0 radical (unpaired) electrons. The maximum absolute atomic E-state index is 13.4. The van der Waals surface area contributed by atoms with Gasteiger partial charge in [-0.3, -0.25) is 9.59 Å². The maximum atomic E-state index is 13.4. The van der Waals surface area contributed by atoms with Crippen molar-refractivity contribution in [2.24, 2.45) is 0 Å². The molecule has 134 valence electrons. The van der Waals surface area contributed by atoms with Gasteiger partial charge in [0.15, 0.2) is 5.76 Å². The Hall–Kier alpha value is -3.15. The van der Waals surface area contributed by atoms with Crippen LogP contribution in [-0.2, 0) is 4.79 Å². The zero-order valence-electron chi connectivity index (χ0n) is 14.8. The van der Waals surface area contributed by atoms with E-state index >= 15 is 0 Å². The van der Waals surface area contributed by atoms with Crippen LogP contribution in [0.25, 0.3) is 11.0 Å². The summed E-state index contributed by atoms with van der Waals surface area (Å²) < 4.78 is 18.9. The summed E-state index contributed by atoms with van der Waals surface area (Å²) in [6, 6.07) is 9.77. The molecule has 2 aromatic carbocycles. The number of rotatable bonds is 4. The number of hydrogen-bond donors (Lipinski definition) is 2. The van der Waals surface area contributed by atoms with Crippen LogP contribution in [-0.4, -0.2) is 18.4 Å². The molecule has 0 aliphatic rings. The summed E-state index contributed by atoms with van der Waals surface area (Å²) in [5, 5.41) is 5.87. The lowest BCUT2D eigenvalue weighted by Gasteiger charge is -2.11. The van der Waals surface area contributed by atoms with Crippen LogP contribution in [0.3, 0.4) is 0 Å². The van der Waals surface area contributed by atoms with Crippen molar-refractivity contribution in [2.75, 3.05) is 11.9 Å². The van der Waals surface area contributed by atoms with Crippen LogP contribution in [0.2, 0.25) is 0 Å². The highest BCUT2D eigenvalue weighted by Gasteiger charge is 2.19. The monoisotopic (exact) mass is 354 g/mol. The summed E-state index contributed by atoms with van der Waals surface area (Å²) in [6.45, 7) is 5.28. The van der Waals surface area contributed by atoms with Crippen molar-refractivity contribution in [2.45, 2.75) is 20.8 Å². The van der Waals surface area contributed by atoms with E-state index in [1.165, 1.54) is 18.2 Å². The second kappa shape index (κ2) is 7.00. The van der Waals surface area contributed by atoms with Gasteiger partial charge in [-0.2, -0.15) is 0 Å². The number of benzene rings is 2. The summed E-state index contributed by atoms with van der Waals surface area (Å²) >= 11 is 0. The Balaban J connectivity index is 1.69. The Labute approximate surface area is 150 Å². The van der Waals surface area contributed by atoms with Crippen LogP contribution in [0.1, 0.15) is 27.2 Å². The third-order valence-electron chi connectivity index (χ3n) is 4.26. The van der Waals surface area contributed by atoms with Gasteiger partial charge in [0.1, 0.15) is 11.4 Å². The van der Waals surface area contributed by atoms with Gasteiger partial charge >= 0.3 is 0 Å². The van der Waals surface area contributed by atoms with Crippen molar-refractivity contribution in [3.63, 3.8) is 0 Å². The summed E-state index contributed by atoms with van der Waals surface area (Å²) in [4.78, 5) is 24.5. The van der Waals surface area contributed by atoms with Gasteiger partial charge in [0.05, 0.1) is 6.54 Å². The highest BCUT2D eigenvalue weighted by molar-refractivity contribution is 6.02. The van der Waals surface area contributed by atoms with Gasteiger partial charge in [0.25, 0.3) is 5.91 Å². The quantitative estimate of drug-likeness (QED) is 0.747. The van der Waals surface area contributed by atoms with Crippen molar-refractivity contribution in [1.82, 2.24) is 5.32 Å². The lowest BCUT2D eigenvalue weighted by Crippen LogP contribution is -2.33. The fourth-order valence-electron chi connectivity index (χ4n) is 2.85. The normalized spacial score (nSPS) is 10.8. The molecule has 0 atom stereocenters. The van der Waals surface area contributed by atoms with Crippen LogP contribution in [0.15, 0.2) is 40.8 Å². The lowest BCUT2D eigenvalue weighted by atomic mass is 10.1. The molecule has 0 saturated carbocycles. The minimum atomic E-state index is -0.518. The van der Waals surface area contributed by atoms with E-state index in [1.54, 1.807) is 6.92 Å². The first kappa shape index (κ1) is 17.7. The molecule has 0 saturated heterocycles. The highest BCUT2D eigenvalue weighted by Crippen LogP contribution is 2.26. The molecule has 6 heteroatoms. The average molecular weight is 354 g/mol. The number of anilines is 1. The largest absolute Gasteiger partial charge is 0.451 e. The minimum Gasteiger partial charge on any atom is -0.451 e. The molecule has 3 aromatic rings. The smallest absolute Gasteiger partial charge is 0.287 e. The summed E-state index contributed by atoms with van der Waals surface area (Å²) in [6.07, 6.45) is 0. The second-order valence-corrected chi connectivity index (χ2v) is 6.19. The number of para-hydroxylation sites is 1. The van der Waals surface area contributed by atoms with Crippen molar-refractivity contribution in [3.05, 3.63) is 64.7 Å². The Morgan fingerprint density at radius 1 is 1.08 bits per heavy atom. The van der Waals surface area contributed by atoms with Gasteiger partial charge < -0.3 is 15.1 Å². The molecular weight excluding hydrogens is 335 g/mol. The fraction of sp³-hybridized carbons (Fsp3) is 0.200. The maximum Gasteiger partial charge on any atom is 0.287 e. The van der Waals surface area contributed by atoms with E-state index in [0.717, 1.165) is 16.8 Å². The van der Waals surface area contributed by atoms with Crippen LogP contribution in [0.4, 0.5) is 10.1 Å². The van der Waals surface area contributed by atoms with E-state index < -0.39 is 11.7 Å². The molecule has 0 fully saturated rings. The summed E-state index contributed by atoms with van der Waals surface area (Å²) in [5.74, 6) is -1.18. The molecule has 0 spiro atoms. The van der Waals surface area contributed by atoms with Gasteiger partial charge in [-0.1, -0.05) is 18.2 Å². The van der Waals surface area contributed by atoms with E-state index in [4.69, 9.17) is 4.42 Å². The predicted molar refractivity (Wildman–Crippen MR) is 97.8 cm³/mol. The third kappa shape index (κ3) is 3.44. The van der Waals surface area contributed by atoms with Gasteiger partial charge in [-0.25, -0.2) is 4.39 Å². The molecular formula is C20H19FN2O3. The molecule has 0 bridgehead atoms.